The summed E-state index contributed by atoms with van der Waals surface area (Å²) in [6.07, 6.45) is 0.916. The van der Waals surface area contributed by atoms with Crippen LogP contribution < -0.4 is 5.32 Å². The van der Waals surface area contributed by atoms with Crippen molar-refractivity contribution >= 4 is 5.69 Å². The number of anilines is 1. The van der Waals surface area contributed by atoms with Gasteiger partial charge in [-0.2, -0.15) is 0 Å². The molecule has 1 aromatic carbocycles. The lowest BCUT2D eigenvalue weighted by Crippen LogP contribution is -2.46. The Balaban J connectivity index is 2.13. The molecule has 0 bridgehead atoms. The van der Waals surface area contributed by atoms with Gasteiger partial charge in [0.25, 0.3) is 0 Å². The average molecular weight is 239 g/mol. The van der Waals surface area contributed by atoms with Crippen LogP contribution in [-0.4, -0.2) is 30.5 Å². The normalized spacial score (nSPS) is 23.4. The molecule has 17 heavy (non-hydrogen) atoms. The molecule has 1 fully saturated rings. The van der Waals surface area contributed by atoms with Crippen LogP contribution >= 0.6 is 0 Å². The third kappa shape index (κ3) is 2.76. The van der Waals surface area contributed by atoms with Gasteiger partial charge >= 0.3 is 0 Å². The number of hydrogen-bond acceptors (Lipinski definition) is 3. The van der Waals surface area contributed by atoms with Crippen molar-refractivity contribution in [3.8, 4) is 0 Å². The first-order valence-electron chi connectivity index (χ1n) is 5.86. The summed E-state index contributed by atoms with van der Waals surface area (Å²) in [7, 11) is 0. The Hall–Kier alpha value is -1.13. The number of aliphatic hydroxyl groups is 1. The van der Waals surface area contributed by atoms with E-state index in [9.17, 15) is 9.50 Å². The summed E-state index contributed by atoms with van der Waals surface area (Å²) in [5.41, 5.74) is 0.220. The van der Waals surface area contributed by atoms with E-state index in [0.717, 1.165) is 13.0 Å². The summed E-state index contributed by atoms with van der Waals surface area (Å²) in [4.78, 5) is 0. The third-order valence-electron chi connectivity index (χ3n) is 3.41. The fourth-order valence-electron chi connectivity index (χ4n) is 2.20. The predicted octanol–water partition coefficient (Wildman–Crippen LogP) is 2.03. The van der Waals surface area contributed by atoms with E-state index in [4.69, 9.17) is 4.74 Å². The highest BCUT2D eigenvalue weighted by atomic mass is 19.1. The molecule has 94 valence electrons. The van der Waals surface area contributed by atoms with Gasteiger partial charge in [0.1, 0.15) is 5.82 Å². The topological polar surface area (TPSA) is 41.5 Å². The minimum atomic E-state index is -0.468. The van der Waals surface area contributed by atoms with Gasteiger partial charge in [-0.3, -0.25) is 0 Å². The van der Waals surface area contributed by atoms with E-state index in [1.165, 1.54) is 12.1 Å². The smallest absolute Gasteiger partial charge is 0.125 e. The molecule has 1 aliphatic rings. The molecule has 0 amide bonds. The van der Waals surface area contributed by atoms with E-state index in [0.29, 0.717) is 12.3 Å². The van der Waals surface area contributed by atoms with Crippen LogP contribution in [0.5, 0.6) is 0 Å². The summed E-state index contributed by atoms with van der Waals surface area (Å²) >= 11 is 0. The maximum Gasteiger partial charge on any atom is 0.125 e. The van der Waals surface area contributed by atoms with Crippen molar-refractivity contribution in [2.45, 2.75) is 18.9 Å². The van der Waals surface area contributed by atoms with Crippen LogP contribution in [0.4, 0.5) is 10.1 Å². The zero-order valence-corrected chi connectivity index (χ0v) is 9.95. The standard InChI is InChI=1S/C13H18FNO2/c1-13(9-16,10-5-6-17-8-10)15-12-4-2-3-11(14)7-12/h2-4,7,10,15-16H,5-6,8-9H2,1H3. The molecule has 0 saturated carbocycles. The summed E-state index contributed by atoms with van der Waals surface area (Å²) in [5, 5.41) is 12.8. The second-order valence-corrected chi connectivity index (χ2v) is 4.77. The molecule has 1 aromatic rings. The van der Waals surface area contributed by atoms with E-state index >= 15 is 0 Å². The number of rotatable bonds is 4. The predicted molar refractivity (Wildman–Crippen MR) is 64.4 cm³/mol. The number of ether oxygens (including phenoxy) is 1. The van der Waals surface area contributed by atoms with Gasteiger partial charge in [-0.1, -0.05) is 6.07 Å². The van der Waals surface area contributed by atoms with Gasteiger partial charge in [-0.15, -0.1) is 0 Å². The summed E-state index contributed by atoms with van der Waals surface area (Å²) in [6, 6.07) is 6.29. The zero-order valence-electron chi connectivity index (χ0n) is 9.95. The summed E-state index contributed by atoms with van der Waals surface area (Å²) in [6.45, 7) is 3.30. The molecule has 0 spiro atoms. The molecule has 2 N–H and O–H groups in total. The van der Waals surface area contributed by atoms with Gasteiger partial charge in [0.2, 0.25) is 0 Å². The van der Waals surface area contributed by atoms with E-state index in [2.05, 4.69) is 5.32 Å². The highest BCUT2D eigenvalue weighted by molar-refractivity contribution is 5.45. The second kappa shape index (κ2) is 5.02. The molecular formula is C13H18FNO2. The molecule has 2 unspecified atom stereocenters. The lowest BCUT2D eigenvalue weighted by atomic mass is 9.85. The second-order valence-electron chi connectivity index (χ2n) is 4.77. The molecule has 0 aromatic heterocycles. The first-order chi connectivity index (χ1) is 8.14. The maximum atomic E-state index is 13.1. The van der Waals surface area contributed by atoms with Crippen LogP contribution in [0.15, 0.2) is 24.3 Å². The SMILES string of the molecule is CC(CO)(Nc1cccc(F)c1)C1CCOC1. The van der Waals surface area contributed by atoms with Crippen LogP contribution in [0.25, 0.3) is 0 Å². The lowest BCUT2D eigenvalue weighted by molar-refractivity contribution is 0.137. The molecule has 0 aliphatic carbocycles. The maximum absolute atomic E-state index is 13.1. The van der Waals surface area contributed by atoms with Gasteiger partial charge in [-0.25, -0.2) is 4.39 Å². The van der Waals surface area contributed by atoms with Crippen LogP contribution in [0, 0.1) is 11.7 Å². The van der Waals surface area contributed by atoms with Crippen LogP contribution in [0.3, 0.4) is 0 Å². The lowest BCUT2D eigenvalue weighted by Gasteiger charge is -2.35. The highest BCUT2D eigenvalue weighted by Gasteiger charge is 2.36. The van der Waals surface area contributed by atoms with Gasteiger partial charge in [0, 0.05) is 18.2 Å². The fraction of sp³-hybridized carbons (Fsp3) is 0.538. The Labute approximate surface area is 101 Å². The number of nitrogens with one attached hydrogen (secondary N) is 1. The van der Waals surface area contributed by atoms with E-state index in [1.807, 2.05) is 6.92 Å². The number of benzene rings is 1. The first kappa shape index (κ1) is 12.3. The Morgan fingerprint density at radius 3 is 3.00 bits per heavy atom. The largest absolute Gasteiger partial charge is 0.394 e. The number of aliphatic hydroxyl groups excluding tert-OH is 1. The molecule has 0 radical (unpaired) electrons. The van der Waals surface area contributed by atoms with Gasteiger partial charge in [0.15, 0.2) is 0 Å². The summed E-state index contributed by atoms with van der Waals surface area (Å²) in [5.74, 6) is -0.0336. The van der Waals surface area contributed by atoms with Crippen molar-refractivity contribution < 1.29 is 14.2 Å². The first-order valence-corrected chi connectivity index (χ1v) is 5.86. The summed E-state index contributed by atoms with van der Waals surface area (Å²) < 4.78 is 18.4. The quantitative estimate of drug-likeness (QED) is 0.844. The molecule has 2 atom stereocenters. The van der Waals surface area contributed by atoms with Gasteiger partial charge < -0.3 is 15.2 Å². The van der Waals surface area contributed by atoms with E-state index in [1.54, 1.807) is 12.1 Å². The Morgan fingerprint density at radius 1 is 1.59 bits per heavy atom. The number of halogens is 1. The molecule has 1 heterocycles. The molecule has 4 heteroatoms. The monoisotopic (exact) mass is 239 g/mol. The highest BCUT2D eigenvalue weighted by Crippen LogP contribution is 2.29. The average Bonchev–Trinajstić information content (AvgIpc) is 2.83. The van der Waals surface area contributed by atoms with Gasteiger partial charge in [-0.05, 0) is 31.5 Å². The van der Waals surface area contributed by atoms with Crippen LogP contribution in [-0.2, 0) is 4.74 Å². The third-order valence-corrected chi connectivity index (χ3v) is 3.41. The van der Waals surface area contributed by atoms with Crippen LogP contribution in [0.2, 0.25) is 0 Å². The molecule has 2 rings (SSSR count). The van der Waals surface area contributed by atoms with Crippen molar-refractivity contribution in [2.75, 3.05) is 25.1 Å². The van der Waals surface area contributed by atoms with Crippen molar-refractivity contribution in [2.24, 2.45) is 5.92 Å². The van der Waals surface area contributed by atoms with Crippen molar-refractivity contribution in [3.63, 3.8) is 0 Å². The van der Waals surface area contributed by atoms with Crippen molar-refractivity contribution in [1.29, 1.82) is 0 Å². The molecular weight excluding hydrogens is 221 g/mol. The molecule has 1 aliphatic heterocycles. The van der Waals surface area contributed by atoms with Gasteiger partial charge in [0.05, 0.1) is 18.8 Å². The minimum Gasteiger partial charge on any atom is -0.394 e. The van der Waals surface area contributed by atoms with E-state index < -0.39 is 5.54 Å². The Kier molecular flexibility index (Phi) is 3.64. The van der Waals surface area contributed by atoms with Crippen molar-refractivity contribution in [1.82, 2.24) is 0 Å². The molecule has 3 nitrogen and oxygen atoms in total. The zero-order chi connectivity index (χ0) is 12.3. The fourth-order valence-corrected chi connectivity index (χ4v) is 2.20. The molecule has 1 saturated heterocycles. The Morgan fingerprint density at radius 2 is 2.41 bits per heavy atom. The van der Waals surface area contributed by atoms with Crippen LogP contribution in [0.1, 0.15) is 13.3 Å². The van der Waals surface area contributed by atoms with Crippen molar-refractivity contribution in [3.05, 3.63) is 30.1 Å². The minimum absolute atomic E-state index is 0.00244. The Bertz CT molecular complexity index is 379. The number of hydrogen-bond donors (Lipinski definition) is 2. The van der Waals surface area contributed by atoms with E-state index in [-0.39, 0.29) is 18.3 Å².